The van der Waals surface area contributed by atoms with Crippen LogP contribution in [0.3, 0.4) is 0 Å². The molecule has 5 rings (SSSR count). The Morgan fingerprint density at radius 2 is 1.89 bits per heavy atom. The Labute approximate surface area is 219 Å². The summed E-state index contributed by atoms with van der Waals surface area (Å²) in [6, 6.07) is 0.306. The zero-order valence-corrected chi connectivity index (χ0v) is 21.7. The number of ether oxygens (including phenoxy) is 1. The molecule has 1 aromatic carbocycles. The number of rotatable bonds is 7. The average Bonchev–Trinajstić information content (AvgIpc) is 3.65. The Kier molecular flexibility index (Phi) is 6.44. The van der Waals surface area contributed by atoms with E-state index in [4.69, 9.17) is 10.5 Å². The molecule has 1 aromatic rings. The first-order chi connectivity index (χ1) is 17.9. The van der Waals surface area contributed by atoms with Gasteiger partial charge < -0.3 is 26.0 Å². The molecule has 1 amide bonds. The monoisotopic (exact) mass is 527 g/mol. The molecular weight excluding hydrogens is 494 g/mol. The number of hydrogen-bond acceptors (Lipinski definition) is 10. The standard InChI is InChI=1S/C27H33N3O8/c1-30(2)20-15-7-12-6-14-18(16(31)8-13(23(14)38-3)10-29-9-11-4-5-11)21(32)17(12)24(34)27(15,37)25(35)19(22(20)33)26(28)36/h8,11-12,15,17,19-20,29,31,37H,4-7,9-10H2,1-3H3,(H2,28,36)/t12-,15-,17?,19?,20-,27-/m0/s1. The number of nitrogens with two attached hydrogens (primary N) is 1. The van der Waals surface area contributed by atoms with Crippen LogP contribution in [0.4, 0.5) is 0 Å². The van der Waals surface area contributed by atoms with Gasteiger partial charge in [-0.2, -0.15) is 0 Å². The summed E-state index contributed by atoms with van der Waals surface area (Å²) in [7, 11) is 4.58. The van der Waals surface area contributed by atoms with E-state index in [0.29, 0.717) is 29.3 Å². The van der Waals surface area contributed by atoms with Crippen molar-refractivity contribution in [3.63, 3.8) is 0 Å². The third kappa shape index (κ3) is 3.78. The van der Waals surface area contributed by atoms with Crippen LogP contribution >= 0.6 is 0 Å². The van der Waals surface area contributed by atoms with Crippen LogP contribution in [-0.2, 0) is 32.1 Å². The summed E-state index contributed by atoms with van der Waals surface area (Å²) in [5.41, 5.74) is 3.67. The van der Waals surface area contributed by atoms with Gasteiger partial charge in [0.1, 0.15) is 11.5 Å². The smallest absolute Gasteiger partial charge is 0.235 e. The fraction of sp³-hybridized carbons (Fsp3) is 0.593. The number of hydrogen-bond donors (Lipinski definition) is 4. The topological polar surface area (TPSA) is 176 Å². The number of methoxy groups -OCH3 is 1. The largest absolute Gasteiger partial charge is 0.507 e. The first-order valence-electron chi connectivity index (χ1n) is 12.9. The van der Waals surface area contributed by atoms with E-state index in [1.54, 1.807) is 14.1 Å². The van der Waals surface area contributed by atoms with Crippen molar-refractivity contribution in [3.05, 3.63) is 22.8 Å². The lowest BCUT2D eigenvalue weighted by atomic mass is 9.52. The molecule has 0 saturated heterocycles. The number of aliphatic hydroxyl groups is 1. The molecule has 0 bridgehead atoms. The van der Waals surface area contributed by atoms with Gasteiger partial charge in [0.05, 0.1) is 24.6 Å². The molecule has 11 nitrogen and oxygen atoms in total. The molecule has 0 spiro atoms. The van der Waals surface area contributed by atoms with Gasteiger partial charge in [-0.05, 0) is 64.2 Å². The lowest BCUT2D eigenvalue weighted by molar-refractivity contribution is -0.181. The van der Waals surface area contributed by atoms with E-state index in [1.807, 2.05) is 0 Å². The number of benzene rings is 1. The van der Waals surface area contributed by atoms with Crippen LogP contribution in [0.25, 0.3) is 0 Å². The Hall–Kier alpha value is -3.15. The number of Topliss-reactive ketones (excluding diaryl/α,β-unsaturated/α-hetero) is 4. The number of nitrogens with one attached hydrogen (secondary N) is 1. The molecule has 11 heteroatoms. The van der Waals surface area contributed by atoms with Gasteiger partial charge in [-0.1, -0.05) is 0 Å². The lowest BCUT2D eigenvalue weighted by Gasteiger charge is -2.52. The minimum absolute atomic E-state index is 0.00201. The molecule has 0 radical (unpaired) electrons. The molecule has 0 heterocycles. The molecule has 3 saturated carbocycles. The normalized spacial score (nSPS) is 32.6. The second-order valence-corrected chi connectivity index (χ2v) is 11.3. The van der Waals surface area contributed by atoms with E-state index < -0.39 is 64.4 Å². The van der Waals surface area contributed by atoms with Crippen LogP contribution in [0.15, 0.2) is 6.07 Å². The van der Waals surface area contributed by atoms with E-state index in [9.17, 15) is 34.2 Å². The predicted molar refractivity (Wildman–Crippen MR) is 132 cm³/mol. The van der Waals surface area contributed by atoms with Gasteiger partial charge in [0.25, 0.3) is 0 Å². The van der Waals surface area contributed by atoms with E-state index in [0.717, 1.165) is 6.54 Å². The zero-order valence-electron chi connectivity index (χ0n) is 21.7. The van der Waals surface area contributed by atoms with E-state index in [1.165, 1.54) is 30.9 Å². The Morgan fingerprint density at radius 3 is 2.47 bits per heavy atom. The molecule has 4 aliphatic carbocycles. The maximum atomic E-state index is 13.8. The highest BCUT2D eigenvalue weighted by molar-refractivity contribution is 6.32. The Bertz CT molecular complexity index is 1260. The molecule has 3 fully saturated rings. The number of amides is 1. The fourth-order valence-electron chi connectivity index (χ4n) is 6.84. The fourth-order valence-corrected chi connectivity index (χ4v) is 6.84. The van der Waals surface area contributed by atoms with Crippen LogP contribution in [0.5, 0.6) is 11.5 Å². The molecule has 6 atom stereocenters. The van der Waals surface area contributed by atoms with Crippen LogP contribution in [0, 0.1) is 29.6 Å². The van der Waals surface area contributed by atoms with E-state index in [2.05, 4.69) is 5.32 Å². The number of ketones is 4. The summed E-state index contributed by atoms with van der Waals surface area (Å²) in [5, 5.41) is 25.8. The van der Waals surface area contributed by atoms with Crippen molar-refractivity contribution in [2.24, 2.45) is 35.3 Å². The third-order valence-corrected chi connectivity index (χ3v) is 8.74. The number of likely N-dealkylation sites (N-methyl/N-ethyl adjacent to an activating group) is 1. The summed E-state index contributed by atoms with van der Waals surface area (Å²) < 4.78 is 5.68. The minimum Gasteiger partial charge on any atom is -0.507 e. The van der Waals surface area contributed by atoms with E-state index in [-0.39, 0.29) is 24.2 Å². The Balaban J connectivity index is 1.57. The number of fused-ring (bicyclic) bond motifs is 3. The molecule has 204 valence electrons. The number of aromatic hydroxyl groups is 1. The van der Waals surface area contributed by atoms with Crippen molar-refractivity contribution in [3.8, 4) is 11.5 Å². The van der Waals surface area contributed by atoms with Crippen molar-refractivity contribution in [1.29, 1.82) is 0 Å². The van der Waals surface area contributed by atoms with Crippen molar-refractivity contribution < 1.29 is 38.9 Å². The first kappa shape index (κ1) is 26.5. The quantitative estimate of drug-likeness (QED) is 0.334. The maximum absolute atomic E-state index is 13.8. The molecule has 5 N–H and O–H groups in total. The number of carbonyl (C=O) groups excluding carboxylic acids is 5. The highest BCUT2D eigenvalue weighted by Gasteiger charge is 2.69. The average molecular weight is 528 g/mol. The van der Waals surface area contributed by atoms with Gasteiger partial charge in [0.15, 0.2) is 34.7 Å². The van der Waals surface area contributed by atoms with Gasteiger partial charge in [-0.3, -0.25) is 28.9 Å². The van der Waals surface area contributed by atoms with Gasteiger partial charge in [-0.25, -0.2) is 0 Å². The van der Waals surface area contributed by atoms with Crippen molar-refractivity contribution in [2.75, 3.05) is 27.7 Å². The van der Waals surface area contributed by atoms with Gasteiger partial charge in [-0.15, -0.1) is 0 Å². The number of carbonyl (C=O) groups is 5. The van der Waals surface area contributed by atoms with Crippen molar-refractivity contribution >= 4 is 29.0 Å². The van der Waals surface area contributed by atoms with Crippen molar-refractivity contribution in [1.82, 2.24) is 10.2 Å². The summed E-state index contributed by atoms with van der Waals surface area (Å²) in [4.78, 5) is 67.6. The third-order valence-electron chi connectivity index (χ3n) is 8.74. The van der Waals surface area contributed by atoms with Crippen LogP contribution in [0.1, 0.15) is 40.7 Å². The first-order valence-corrected chi connectivity index (χ1v) is 12.9. The number of phenolic OH excluding ortho intramolecular Hbond substituents is 1. The SMILES string of the molecule is COc1c(CNCC2CC2)cc(O)c2c1C[C@H]1C[C@H]3[C@H](N(C)C)C(=O)C(C(N)=O)C(=O)[C@@]3(O)C(=O)C1C2=O. The zero-order chi connectivity index (χ0) is 27.7. The van der Waals surface area contributed by atoms with Gasteiger partial charge >= 0.3 is 0 Å². The van der Waals surface area contributed by atoms with Gasteiger partial charge in [0.2, 0.25) is 5.91 Å². The highest BCUT2D eigenvalue weighted by atomic mass is 16.5. The van der Waals surface area contributed by atoms with Gasteiger partial charge in [0, 0.05) is 23.6 Å². The predicted octanol–water partition coefficient (Wildman–Crippen LogP) is -0.625. The molecule has 2 unspecified atom stereocenters. The number of phenols is 1. The second-order valence-electron chi connectivity index (χ2n) is 11.3. The summed E-state index contributed by atoms with van der Waals surface area (Å²) in [6.45, 7) is 1.25. The molecule has 0 aliphatic heterocycles. The minimum atomic E-state index is -2.73. The number of nitrogens with zero attached hydrogens (tertiary/aromatic N) is 1. The summed E-state index contributed by atoms with van der Waals surface area (Å²) >= 11 is 0. The molecule has 4 aliphatic rings. The van der Waals surface area contributed by atoms with Crippen LogP contribution in [-0.4, -0.2) is 83.5 Å². The molecule has 0 aromatic heterocycles. The van der Waals surface area contributed by atoms with Crippen LogP contribution < -0.4 is 15.8 Å². The Morgan fingerprint density at radius 1 is 1.21 bits per heavy atom. The molecular formula is C27H33N3O8. The maximum Gasteiger partial charge on any atom is 0.235 e. The second kappa shape index (κ2) is 9.25. The summed E-state index contributed by atoms with van der Waals surface area (Å²) in [5.74, 6) is -9.53. The molecule has 38 heavy (non-hydrogen) atoms. The summed E-state index contributed by atoms with van der Waals surface area (Å²) in [6.07, 6.45) is 2.52. The number of primary amides is 1. The van der Waals surface area contributed by atoms with Crippen LogP contribution in [0.2, 0.25) is 0 Å². The van der Waals surface area contributed by atoms with Crippen molar-refractivity contribution in [2.45, 2.75) is 43.9 Å². The van der Waals surface area contributed by atoms with E-state index >= 15 is 0 Å². The highest BCUT2D eigenvalue weighted by Crippen LogP contribution is 2.52. The lowest BCUT2D eigenvalue weighted by Crippen LogP contribution is -2.74.